The van der Waals surface area contributed by atoms with Crippen molar-refractivity contribution >= 4 is 56.8 Å². The summed E-state index contributed by atoms with van der Waals surface area (Å²) in [7, 11) is 0. The Morgan fingerprint density at radius 3 is 2.88 bits per heavy atom. The molecule has 138 valence electrons. The Morgan fingerprint density at radius 2 is 2.23 bits per heavy atom. The number of likely N-dealkylation sites (tertiary alicyclic amines) is 1. The van der Waals surface area contributed by atoms with Crippen molar-refractivity contribution < 1.29 is 14.7 Å². The molecule has 0 aliphatic carbocycles. The van der Waals surface area contributed by atoms with Crippen LogP contribution in [0.15, 0.2) is 28.1 Å². The number of urea groups is 1. The number of aromatic nitrogens is 1. The highest BCUT2D eigenvalue weighted by molar-refractivity contribution is 9.10. The van der Waals surface area contributed by atoms with Gasteiger partial charge in [-0.15, -0.1) is 11.3 Å². The van der Waals surface area contributed by atoms with Gasteiger partial charge in [-0.05, 0) is 40.9 Å². The zero-order valence-corrected chi connectivity index (χ0v) is 16.7. The summed E-state index contributed by atoms with van der Waals surface area (Å²) < 4.78 is 0.787. The average molecular weight is 460 g/mol. The molecule has 1 aliphatic heterocycles. The largest absolute Gasteiger partial charge is 0.465 e. The zero-order chi connectivity index (χ0) is 18.8. The maximum Gasteiger partial charge on any atom is 0.407 e. The van der Waals surface area contributed by atoms with Crippen LogP contribution >= 0.6 is 38.9 Å². The molecule has 1 saturated heterocycles. The minimum absolute atomic E-state index is 0.218. The minimum Gasteiger partial charge on any atom is -0.465 e. The summed E-state index contributed by atoms with van der Waals surface area (Å²) in [6, 6.07) is 4.51. The molecule has 10 heteroatoms. The normalized spacial score (nSPS) is 17.2. The van der Waals surface area contributed by atoms with Crippen LogP contribution in [-0.2, 0) is 0 Å². The molecule has 1 aliphatic rings. The smallest absolute Gasteiger partial charge is 0.407 e. The number of carboxylic acid groups (broad SMARTS) is 1. The van der Waals surface area contributed by atoms with Gasteiger partial charge in [-0.1, -0.05) is 17.7 Å². The number of rotatable bonds is 3. The van der Waals surface area contributed by atoms with Crippen LogP contribution in [0.5, 0.6) is 0 Å². The number of carbonyl (C=O) groups excluding carboxylic acids is 1. The summed E-state index contributed by atoms with van der Waals surface area (Å²) in [4.78, 5) is 30.5. The third-order valence-electron chi connectivity index (χ3n) is 4.18. The fourth-order valence-electron chi connectivity index (χ4n) is 2.96. The molecule has 3 amide bonds. The van der Waals surface area contributed by atoms with Gasteiger partial charge in [0.05, 0.1) is 11.1 Å². The first-order chi connectivity index (χ1) is 12.4. The van der Waals surface area contributed by atoms with E-state index < -0.39 is 12.1 Å². The van der Waals surface area contributed by atoms with Gasteiger partial charge in [0.25, 0.3) is 0 Å². The lowest BCUT2D eigenvalue weighted by Crippen LogP contribution is -2.53. The number of carbonyl (C=O) groups is 2. The van der Waals surface area contributed by atoms with Crippen molar-refractivity contribution in [1.82, 2.24) is 9.88 Å². The molecular weight excluding hydrogens is 444 g/mol. The standard InChI is InChI=1S/C16H16BrClN4O3S/c17-11-4-3-9(6-12(11)18)14-20-13(8-26-14)22(15(19)23)10-2-1-5-21(7-10)16(24)25/h3-4,6,8,10H,1-2,5,7H2,(H2,19,23)(H,24,25)/t10-/m0/s1. The molecule has 0 bridgehead atoms. The van der Waals surface area contributed by atoms with Gasteiger partial charge in [0.2, 0.25) is 0 Å². The SMILES string of the molecule is NC(=O)N(c1csc(-c2ccc(Br)c(Cl)c2)n1)[C@H]1CCCN(C(=O)O)C1. The second-order valence-electron chi connectivity index (χ2n) is 5.87. The maximum absolute atomic E-state index is 12.0. The number of hydrogen-bond acceptors (Lipinski definition) is 4. The lowest BCUT2D eigenvalue weighted by atomic mass is 10.0. The van der Waals surface area contributed by atoms with E-state index in [0.717, 1.165) is 10.0 Å². The Morgan fingerprint density at radius 1 is 1.46 bits per heavy atom. The van der Waals surface area contributed by atoms with E-state index in [1.54, 1.807) is 11.4 Å². The second-order valence-corrected chi connectivity index (χ2v) is 7.99. The molecule has 1 fully saturated rings. The Labute approximate surface area is 167 Å². The first-order valence-electron chi connectivity index (χ1n) is 7.84. The van der Waals surface area contributed by atoms with Crippen molar-refractivity contribution in [2.75, 3.05) is 18.0 Å². The molecule has 3 rings (SSSR count). The highest BCUT2D eigenvalue weighted by Gasteiger charge is 2.32. The molecule has 2 heterocycles. The van der Waals surface area contributed by atoms with E-state index in [1.165, 1.54) is 21.1 Å². The number of piperidine rings is 1. The molecule has 0 spiro atoms. The first-order valence-corrected chi connectivity index (χ1v) is 9.89. The van der Waals surface area contributed by atoms with Gasteiger partial charge >= 0.3 is 12.1 Å². The minimum atomic E-state index is -0.998. The van der Waals surface area contributed by atoms with Crippen molar-refractivity contribution in [3.8, 4) is 10.6 Å². The summed E-state index contributed by atoms with van der Waals surface area (Å²) in [6.07, 6.45) is 0.339. The average Bonchev–Trinajstić information content (AvgIpc) is 3.07. The fraction of sp³-hybridized carbons (Fsp3) is 0.312. The molecular formula is C16H16BrClN4O3S. The second kappa shape index (κ2) is 7.81. The molecule has 0 unspecified atom stereocenters. The van der Waals surface area contributed by atoms with Crippen LogP contribution in [-0.4, -0.2) is 46.2 Å². The number of anilines is 1. The van der Waals surface area contributed by atoms with E-state index in [4.69, 9.17) is 17.3 Å². The van der Waals surface area contributed by atoms with E-state index in [0.29, 0.717) is 35.2 Å². The number of benzene rings is 1. The van der Waals surface area contributed by atoms with E-state index >= 15 is 0 Å². The van der Waals surface area contributed by atoms with E-state index in [9.17, 15) is 14.7 Å². The van der Waals surface area contributed by atoms with E-state index in [1.807, 2.05) is 12.1 Å². The van der Waals surface area contributed by atoms with Crippen LogP contribution < -0.4 is 10.6 Å². The summed E-state index contributed by atoms with van der Waals surface area (Å²) in [5.74, 6) is 0.425. The molecule has 2 aromatic rings. The number of nitrogens with zero attached hydrogens (tertiary/aromatic N) is 3. The van der Waals surface area contributed by atoms with Crippen LogP contribution in [0.25, 0.3) is 10.6 Å². The number of hydrogen-bond donors (Lipinski definition) is 2. The highest BCUT2D eigenvalue weighted by Crippen LogP contribution is 2.33. The lowest BCUT2D eigenvalue weighted by Gasteiger charge is -2.36. The first kappa shape index (κ1) is 18.9. The zero-order valence-electron chi connectivity index (χ0n) is 13.6. The third-order valence-corrected chi connectivity index (χ3v) is 6.29. The van der Waals surface area contributed by atoms with Gasteiger partial charge in [-0.3, -0.25) is 4.90 Å². The Bertz CT molecular complexity index is 847. The number of nitrogens with two attached hydrogens (primary N) is 1. The summed E-state index contributed by atoms with van der Waals surface area (Å²) in [6.45, 7) is 0.674. The van der Waals surface area contributed by atoms with E-state index in [-0.39, 0.29) is 12.6 Å². The summed E-state index contributed by atoms with van der Waals surface area (Å²) in [5.41, 5.74) is 6.40. The fourth-order valence-corrected chi connectivity index (χ4v) is 4.18. The molecule has 1 atom stereocenters. The van der Waals surface area contributed by atoms with Gasteiger partial charge in [-0.25, -0.2) is 14.6 Å². The van der Waals surface area contributed by atoms with Gasteiger partial charge < -0.3 is 15.7 Å². The molecule has 0 radical (unpaired) electrons. The van der Waals surface area contributed by atoms with Gasteiger partial charge in [-0.2, -0.15) is 0 Å². The van der Waals surface area contributed by atoms with Crippen molar-refractivity contribution in [3.63, 3.8) is 0 Å². The van der Waals surface area contributed by atoms with Crippen LogP contribution in [0.4, 0.5) is 15.4 Å². The Balaban J connectivity index is 1.87. The number of primary amides is 1. The molecule has 26 heavy (non-hydrogen) atoms. The highest BCUT2D eigenvalue weighted by atomic mass is 79.9. The molecule has 3 N–H and O–H groups in total. The molecule has 1 aromatic carbocycles. The van der Waals surface area contributed by atoms with Crippen molar-refractivity contribution in [2.45, 2.75) is 18.9 Å². The van der Waals surface area contributed by atoms with Crippen molar-refractivity contribution in [2.24, 2.45) is 5.73 Å². The molecule has 0 saturated carbocycles. The van der Waals surface area contributed by atoms with Gasteiger partial charge in [0.15, 0.2) is 0 Å². The summed E-state index contributed by atoms with van der Waals surface area (Å²) in [5, 5.41) is 12.2. The number of thiazole rings is 1. The summed E-state index contributed by atoms with van der Waals surface area (Å²) >= 11 is 10.9. The quantitative estimate of drug-likeness (QED) is 0.716. The lowest BCUT2D eigenvalue weighted by molar-refractivity contribution is 0.130. The molecule has 7 nitrogen and oxygen atoms in total. The van der Waals surface area contributed by atoms with E-state index in [2.05, 4.69) is 20.9 Å². The van der Waals surface area contributed by atoms with Crippen molar-refractivity contribution in [1.29, 1.82) is 0 Å². The van der Waals surface area contributed by atoms with Crippen LogP contribution in [0.3, 0.4) is 0 Å². The third kappa shape index (κ3) is 3.94. The predicted octanol–water partition coefficient (Wildman–Crippen LogP) is 4.25. The van der Waals surface area contributed by atoms with Crippen molar-refractivity contribution in [3.05, 3.63) is 33.1 Å². The Kier molecular flexibility index (Phi) is 5.69. The molecule has 1 aromatic heterocycles. The number of amides is 3. The Hall–Kier alpha value is -1.84. The van der Waals surface area contributed by atoms with Gasteiger partial charge in [0.1, 0.15) is 10.8 Å². The van der Waals surface area contributed by atoms with Crippen LogP contribution in [0.1, 0.15) is 12.8 Å². The van der Waals surface area contributed by atoms with Crippen LogP contribution in [0, 0.1) is 0 Å². The topological polar surface area (TPSA) is 99.8 Å². The van der Waals surface area contributed by atoms with Crippen LogP contribution in [0.2, 0.25) is 5.02 Å². The predicted molar refractivity (Wildman–Crippen MR) is 105 cm³/mol. The number of halogens is 2. The van der Waals surface area contributed by atoms with Gasteiger partial charge in [0, 0.05) is 28.5 Å². The monoisotopic (exact) mass is 458 g/mol. The maximum atomic E-state index is 12.0.